The van der Waals surface area contributed by atoms with Crippen LogP contribution in [-0.2, 0) is 11.3 Å². The quantitative estimate of drug-likeness (QED) is 0.511. The summed E-state index contributed by atoms with van der Waals surface area (Å²) >= 11 is 1.42. The molecular weight excluding hydrogens is 382 g/mol. The number of hydrogen-bond acceptors (Lipinski definition) is 4. The molecule has 1 N–H and O–H groups in total. The zero-order valence-corrected chi connectivity index (χ0v) is 16.6. The molecule has 0 aliphatic heterocycles. The van der Waals surface area contributed by atoms with Crippen LogP contribution in [0.1, 0.15) is 23.5 Å². The second kappa shape index (κ2) is 8.84. The van der Waals surface area contributed by atoms with Gasteiger partial charge in [0.25, 0.3) is 5.56 Å². The summed E-state index contributed by atoms with van der Waals surface area (Å²) in [6.45, 7) is 0.495. The van der Waals surface area contributed by atoms with E-state index < -0.39 is 0 Å². The molecule has 0 aliphatic rings. The van der Waals surface area contributed by atoms with Crippen molar-refractivity contribution in [2.45, 2.75) is 18.9 Å². The van der Waals surface area contributed by atoms with Gasteiger partial charge in [-0.1, -0.05) is 60.7 Å². The molecule has 0 spiro atoms. The van der Waals surface area contributed by atoms with Crippen LogP contribution < -0.4 is 10.9 Å². The Morgan fingerprint density at radius 2 is 1.66 bits per heavy atom. The Labute approximate surface area is 172 Å². The Hall–Kier alpha value is -3.25. The SMILES string of the molecule is O=C(Cn1cnc2sccc2c1=O)NCCC(c1ccccc1)c1ccccc1. The van der Waals surface area contributed by atoms with Crippen molar-refractivity contribution in [2.75, 3.05) is 6.54 Å². The summed E-state index contributed by atoms with van der Waals surface area (Å²) in [6, 6.07) is 22.3. The minimum atomic E-state index is -0.191. The van der Waals surface area contributed by atoms with E-state index in [2.05, 4.69) is 34.6 Å². The molecule has 2 heterocycles. The van der Waals surface area contributed by atoms with Crippen LogP contribution in [0, 0.1) is 0 Å². The van der Waals surface area contributed by atoms with Gasteiger partial charge in [-0.2, -0.15) is 0 Å². The Morgan fingerprint density at radius 1 is 1.00 bits per heavy atom. The average molecular weight is 404 g/mol. The van der Waals surface area contributed by atoms with E-state index in [1.165, 1.54) is 33.4 Å². The molecule has 4 rings (SSSR count). The summed E-state index contributed by atoms with van der Waals surface area (Å²) < 4.78 is 1.36. The summed E-state index contributed by atoms with van der Waals surface area (Å²) in [6.07, 6.45) is 2.22. The largest absolute Gasteiger partial charge is 0.355 e. The first-order valence-corrected chi connectivity index (χ1v) is 10.4. The Kier molecular flexibility index (Phi) is 5.81. The second-order valence-corrected chi connectivity index (χ2v) is 7.72. The first-order chi connectivity index (χ1) is 14.2. The molecule has 1 amide bonds. The van der Waals surface area contributed by atoms with Crippen LogP contribution in [0.25, 0.3) is 10.2 Å². The van der Waals surface area contributed by atoms with Crippen LogP contribution in [0.5, 0.6) is 0 Å². The topological polar surface area (TPSA) is 64.0 Å². The van der Waals surface area contributed by atoms with Gasteiger partial charge in [0.2, 0.25) is 5.91 Å². The number of thiophene rings is 1. The Bertz CT molecular complexity index is 1110. The summed E-state index contributed by atoms with van der Waals surface area (Å²) in [5.41, 5.74) is 2.26. The number of nitrogens with zero attached hydrogens (tertiary/aromatic N) is 2. The van der Waals surface area contributed by atoms with Gasteiger partial charge < -0.3 is 5.32 Å². The molecule has 0 bridgehead atoms. The molecule has 29 heavy (non-hydrogen) atoms. The zero-order valence-electron chi connectivity index (χ0n) is 15.8. The third kappa shape index (κ3) is 4.43. The lowest BCUT2D eigenvalue weighted by atomic mass is 9.88. The zero-order chi connectivity index (χ0) is 20.1. The van der Waals surface area contributed by atoms with Gasteiger partial charge in [-0.25, -0.2) is 4.98 Å². The highest BCUT2D eigenvalue weighted by Crippen LogP contribution is 2.27. The number of aromatic nitrogens is 2. The first-order valence-electron chi connectivity index (χ1n) is 9.51. The van der Waals surface area contributed by atoms with Gasteiger partial charge in [0, 0.05) is 12.5 Å². The van der Waals surface area contributed by atoms with E-state index >= 15 is 0 Å². The van der Waals surface area contributed by atoms with Gasteiger partial charge in [0.1, 0.15) is 11.4 Å². The number of carbonyl (C=O) groups is 1. The van der Waals surface area contributed by atoms with E-state index in [1.54, 1.807) is 6.07 Å². The molecule has 0 radical (unpaired) electrons. The maximum Gasteiger partial charge on any atom is 0.262 e. The van der Waals surface area contributed by atoms with Gasteiger partial charge in [0.05, 0.1) is 11.7 Å². The number of nitrogens with one attached hydrogen (secondary N) is 1. The molecule has 0 atom stereocenters. The van der Waals surface area contributed by atoms with Crippen molar-refractivity contribution in [3.05, 3.63) is 99.9 Å². The van der Waals surface area contributed by atoms with E-state index in [0.717, 1.165) is 6.42 Å². The van der Waals surface area contributed by atoms with Crippen molar-refractivity contribution in [1.29, 1.82) is 0 Å². The minimum Gasteiger partial charge on any atom is -0.355 e. The fourth-order valence-electron chi connectivity index (χ4n) is 3.47. The van der Waals surface area contributed by atoms with Crippen LogP contribution in [-0.4, -0.2) is 22.0 Å². The van der Waals surface area contributed by atoms with E-state index in [1.807, 2.05) is 41.8 Å². The fourth-order valence-corrected chi connectivity index (χ4v) is 4.19. The van der Waals surface area contributed by atoms with E-state index in [0.29, 0.717) is 16.8 Å². The van der Waals surface area contributed by atoms with Crippen molar-refractivity contribution < 1.29 is 4.79 Å². The molecule has 6 heteroatoms. The normalized spacial score (nSPS) is 11.1. The predicted octanol–water partition coefficient (Wildman–Crippen LogP) is 3.80. The van der Waals surface area contributed by atoms with Crippen LogP contribution in [0.4, 0.5) is 0 Å². The van der Waals surface area contributed by atoms with Crippen molar-refractivity contribution in [2.24, 2.45) is 0 Å². The molecule has 2 aromatic carbocycles. The molecule has 4 aromatic rings. The number of carbonyl (C=O) groups excluding carboxylic acids is 1. The van der Waals surface area contributed by atoms with Gasteiger partial charge in [-0.3, -0.25) is 14.2 Å². The fraction of sp³-hybridized carbons (Fsp3) is 0.174. The lowest BCUT2D eigenvalue weighted by Crippen LogP contribution is -2.33. The molecule has 0 saturated carbocycles. The maximum absolute atomic E-state index is 12.4. The van der Waals surface area contributed by atoms with Crippen molar-refractivity contribution in [1.82, 2.24) is 14.9 Å². The summed E-state index contributed by atoms with van der Waals surface area (Å²) in [5.74, 6) is 0.00704. The highest BCUT2D eigenvalue weighted by atomic mass is 32.1. The van der Waals surface area contributed by atoms with E-state index in [4.69, 9.17) is 0 Å². The van der Waals surface area contributed by atoms with Crippen LogP contribution >= 0.6 is 11.3 Å². The number of rotatable bonds is 7. The van der Waals surface area contributed by atoms with Gasteiger partial charge >= 0.3 is 0 Å². The Morgan fingerprint density at radius 3 is 2.31 bits per heavy atom. The molecule has 2 aromatic heterocycles. The number of hydrogen-bond donors (Lipinski definition) is 1. The summed E-state index contributed by atoms with van der Waals surface area (Å²) in [4.78, 5) is 29.8. The molecule has 0 saturated heterocycles. The first kappa shape index (κ1) is 19.1. The number of benzene rings is 2. The highest BCUT2D eigenvalue weighted by Gasteiger charge is 2.14. The smallest absolute Gasteiger partial charge is 0.262 e. The van der Waals surface area contributed by atoms with Crippen molar-refractivity contribution >= 4 is 27.5 Å². The van der Waals surface area contributed by atoms with Crippen molar-refractivity contribution in [3.63, 3.8) is 0 Å². The van der Waals surface area contributed by atoms with Crippen LogP contribution in [0.3, 0.4) is 0 Å². The van der Waals surface area contributed by atoms with Gasteiger partial charge in [-0.15, -0.1) is 11.3 Å². The second-order valence-electron chi connectivity index (χ2n) is 6.83. The molecule has 0 fully saturated rings. The molecule has 0 unspecified atom stereocenters. The van der Waals surface area contributed by atoms with Crippen LogP contribution in [0.15, 0.2) is 83.2 Å². The number of amides is 1. The van der Waals surface area contributed by atoms with E-state index in [-0.39, 0.29) is 23.9 Å². The molecule has 146 valence electrons. The molecular formula is C23H21N3O2S. The molecule has 0 aliphatic carbocycles. The lowest BCUT2D eigenvalue weighted by Gasteiger charge is -2.18. The highest BCUT2D eigenvalue weighted by molar-refractivity contribution is 7.16. The maximum atomic E-state index is 12.4. The Balaban J connectivity index is 1.41. The average Bonchev–Trinajstić information content (AvgIpc) is 3.24. The lowest BCUT2D eigenvalue weighted by molar-refractivity contribution is -0.121. The standard InChI is InChI=1S/C23H21N3O2S/c27-21(15-26-16-25-22-20(23(26)28)12-14-29-22)24-13-11-19(17-7-3-1-4-8-17)18-9-5-2-6-10-18/h1-10,12,14,16,19H,11,13,15H2,(H,24,27). The molecule has 5 nitrogen and oxygen atoms in total. The summed E-state index contributed by atoms with van der Waals surface area (Å²) in [5, 5.41) is 5.33. The number of fused-ring (bicyclic) bond motifs is 1. The van der Waals surface area contributed by atoms with Gasteiger partial charge in [0.15, 0.2) is 0 Å². The third-order valence-electron chi connectivity index (χ3n) is 4.92. The van der Waals surface area contributed by atoms with Crippen molar-refractivity contribution in [3.8, 4) is 0 Å². The monoisotopic (exact) mass is 403 g/mol. The third-order valence-corrected chi connectivity index (χ3v) is 5.74. The summed E-state index contributed by atoms with van der Waals surface area (Å²) in [7, 11) is 0. The van der Waals surface area contributed by atoms with Gasteiger partial charge in [-0.05, 0) is 29.0 Å². The van der Waals surface area contributed by atoms with E-state index in [9.17, 15) is 9.59 Å². The predicted molar refractivity (Wildman–Crippen MR) is 116 cm³/mol. The minimum absolute atomic E-state index is 0.0288. The van der Waals surface area contributed by atoms with Crippen LogP contribution in [0.2, 0.25) is 0 Å².